The van der Waals surface area contributed by atoms with Crippen LogP contribution in [-0.2, 0) is 9.59 Å². The maximum absolute atomic E-state index is 12.8. The Hall–Kier alpha value is -2.28. The molecule has 1 saturated carbocycles. The van der Waals surface area contributed by atoms with Gasteiger partial charge in [-0.1, -0.05) is 54.0 Å². The van der Waals surface area contributed by atoms with E-state index in [1.807, 2.05) is 31.2 Å². The predicted octanol–water partition coefficient (Wildman–Crippen LogP) is 3.63. The van der Waals surface area contributed by atoms with E-state index in [0.717, 1.165) is 42.7 Å². The number of likely N-dealkylation sites (tertiary alicyclic amines) is 1. The van der Waals surface area contributed by atoms with Crippen molar-refractivity contribution in [3.05, 3.63) is 29.8 Å². The van der Waals surface area contributed by atoms with Crippen LogP contribution in [0.25, 0.3) is 10.6 Å². The first-order valence-electron chi connectivity index (χ1n) is 9.64. The second-order valence-corrected chi connectivity index (χ2v) is 8.42. The molecule has 2 fully saturated rings. The highest BCUT2D eigenvalue weighted by molar-refractivity contribution is 7.18. The number of carbonyl (C=O) groups excluding carboxylic acids is 2. The lowest BCUT2D eigenvalue weighted by Crippen LogP contribution is -2.45. The van der Waals surface area contributed by atoms with E-state index >= 15 is 0 Å². The van der Waals surface area contributed by atoms with E-state index in [1.165, 1.54) is 16.9 Å². The van der Waals surface area contributed by atoms with Crippen molar-refractivity contribution in [1.82, 2.24) is 15.1 Å². The van der Waals surface area contributed by atoms with Crippen LogP contribution in [0.2, 0.25) is 0 Å². The van der Waals surface area contributed by atoms with Crippen molar-refractivity contribution in [3.63, 3.8) is 0 Å². The highest BCUT2D eigenvalue weighted by atomic mass is 32.1. The molecular weight excluding hydrogens is 360 g/mol. The zero-order chi connectivity index (χ0) is 18.8. The molecule has 0 bridgehead atoms. The van der Waals surface area contributed by atoms with Crippen LogP contribution in [0.5, 0.6) is 0 Å². The first-order valence-corrected chi connectivity index (χ1v) is 10.5. The zero-order valence-corrected chi connectivity index (χ0v) is 16.3. The van der Waals surface area contributed by atoms with Crippen LogP contribution < -0.4 is 5.32 Å². The average Bonchev–Trinajstić information content (AvgIpc) is 3.42. The molecule has 0 unspecified atom stereocenters. The molecule has 27 heavy (non-hydrogen) atoms. The van der Waals surface area contributed by atoms with E-state index in [0.29, 0.717) is 18.1 Å². The minimum Gasteiger partial charge on any atom is -0.330 e. The average molecular weight is 385 g/mol. The van der Waals surface area contributed by atoms with Crippen LogP contribution >= 0.6 is 11.3 Å². The molecule has 1 aliphatic heterocycles. The number of aromatic nitrogens is 2. The number of benzene rings is 1. The molecule has 7 heteroatoms. The first kappa shape index (κ1) is 18.1. The number of aryl methyl sites for hydroxylation is 1. The van der Waals surface area contributed by atoms with Gasteiger partial charge in [-0.05, 0) is 32.6 Å². The van der Waals surface area contributed by atoms with Crippen molar-refractivity contribution in [2.75, 3.05) is 11.9 Å². The van der Waals surface area contributed by atoms with Crippen molar-refractivity contribution in [2.24, 2.45) is 5.92 Å². The molecule has 1 aromatic carbocycles. The quantitative estimate of drug-likeness (QED) is 0.873. The minimum absolute atomic E-state index is 0.105. The van der Waals surface area contributed by atoms with Gasteiger partial charge in [0.2, 0.25) is 16.9 Å². The Bertz CT molecular complexity index is 827. The van der Waals surface area contributed by atoms with E-state index < -0.39 is 0 Å². The Balaban J connectivity index is 1.42. The minimum atomic E-state index is -0.384. The largest absolute Gasteiger partial charge is 0.330 e. The molecule has 1 aromatic heterocycles. The number of nitrogens with one attached hydrogen (secondary N) is 1. The molecule has 2 heterocycles. The van der Waals surface area contributed by atoms with Crippen LogP contribution in [-0.4, -0.2) is 39.5 Å². The van der Waals surface area contributed by atoms with Gasteiger partial charge in [-0.3, -0.25) is 14.9 Å². The Morgan fingerprint density at radius 3 is 2.56 bits per heavy atom. The summed E-state index contributed by atoms with van der Waals surface area (Å²) in [4.78, 5) is 27.3. The third kappa shape index (κ3) is 3.88. The summed E-state index contributed by atoms with van der Waals surface area (Å²) < 4.78 is 0. The Labute approximate surface area is 163 Å². The maximum Gasteiger partial charge on any atom is 0.249 e. The summed E-state index contributed by atoms with van der Waals surface area (Å²) in [5.74, 6) is 0.112. The molecule has 1 saturated heterocycles. The van der Waals surface area contributed by atoms with Gasteiger partial charge in [-0.2, -0.15) is 0 Å². The Morgan fingerprint density at radius 2 is 1.81 bits per heavy atom. The molecule has 1 aliphatic carbocycles. The van der Waals surface area contributed by atoms with Crippen molar-refractivity contribution in [1.29, 1.82) is 0 Å². The first-order chi connectivity index (χ1) is 13.1. The fourth-order valence-corrected chi connectivity index (χ4v) is 4.74. The predicted molar refractivity (Wildman–Crippen MR) is 105 cm³/mol. The van der Waals surface area contributed by atoms with Crippen LogP contribution in [0.3, 0.4) is 0 Å². The van der Waals surface area contributed by atoms with E-state index in [1.54, 1.807) is 4.90 Å². The Morgan fingerprint density at radius 1 is 1.07 bits per heavy atom. The normalized spacial score (nSPS) is 20.2. The van der Waals surface area contributed by atoms with Gasteiger partial charge in [0.15, 0.2) is 0 Å². The molecule has 1 atom stereocenters. The summed E-state index contributed by atoms with van der Waals surface area (Å²) in [6, 6.07) is 7.67. The van der Waals surface area contributed by atoms with Gasteiger partial charge in [-0.15, -0.1) is 10.2 Å². The SMILES string of the molecule is Cc1ccc(-c2nnc(NC(=O)[C@H]3CCCN3C(=O)C3CCCC3)s2)cc1. The number of hydrogen-bond acceptors (Lipinski definition) is 5. The second-order valence-electron chi connectivity index (χ2n) is 7.44. The highest BCUT2D eigenvalue weighted by Crippen LogP contribution is 2.31. The summed E-state index contributed by atoms with van der Waals surface area (Å²) in [6.45, 7) is 2.72. The maximum atomic E-state index is 12.8. The van der Waals surface area contributed by atoms with Crippen molar-refractivity contribution < 1.29 is 9.59 Å². The summed E-state index contributed by atoms with van der Waals surface area (Å²) in [7, 11) is 0. The number of hydrogen-bond donors (Lipinski definition) is 1. The van der Waals surface area contributed by atoms with Crippen LogP contribution in [0.4, 0.5) is 5.13 Å². The number of nitrogens with zero attached hydrogens (tertiary/aromatic N) is 3. The summed E-state index contributed by atoms with van der Waals surface area (Å²) in [5.41, 5.74) is 2.17. The molecular formula is C20H24N4O2S. The van der Waals surface area contributed by atoms with Gasteiger partial charge in [0.05, 0.1) is 0 Å². The summed E-state index contributed by atoms with van der Waals surface area (Å²) in [5, 5.41) is 12.4. The van der Waals surface area contributed by atoms with E-state index in [-0.39, 0.29) is 23.8 Å². The molecule has 2 amide bonds. The molecule has 4 rings (SSSR count). The molecule has 142 valence electrons. The van der Waals surface area contributed by atoms with Gasteiger partial charge in [0.1, 0.15) is 11.0 Å². The fraction of sp³-hybridized carbons (Fsp3) is 0.500. The monoisotopic (exact) mass is 384 g/mol. The number of amides is 2. The van der Waals surface area contributed by atoms with E-state index in [2.05, 4.69) is 15.5 Å². The zero-order valence-electron chi connectivity index (χ0n) is 15.5. The highest BCUT2D eigenvalue weighted by Gasteiger charge is 2.38. The van der Waals surface area contributed by atoms with Gasteiger partial charge >= 0.3 is 0 Å². The Kier molecular flexibility index (Phi) is 5.20. The van der Waals surface area contributed by atoms with Crippen molar-refractivity contribution in [3.8, 4) is 10.6 Å². The van der Waals surface area contributed by atoms with Gasteiger partial charge in [0.25, 0.3) is 0 Å². The van der Waals surface area contributed by atoms with Crippen LogP contribution in [0.15, 0.2) is 24.3 Å². The van der Waals surface area contributed by atoms with E-state index in [9.17, 15) is 9.59 Å². The topological polar surface area (TPSA) is 75.2 Å². The van der Waals surface area contributed by atoms with E-state index in [4.69, 9.17) is 0 Å². The fourth-order valence-electron chi connectivity index (χ4n) is 3.99. The number of rotatable bonds is 4. The lowest BCUT2D eigenvalue weighted by Gasteiger charge is -2.26. The third-order valence-corrected chi connectivity index (χ3v) is 6.38. The molecule has 1 N–H and O–H groups in total. The smallest absolute Gasteiger partial charge is 0.249 e. The number of carbonyl (C=O) groups is 2. The molecule has 0 radical (unpaired) electrons. The van der Waals surface area contributed by atoms with Gasteiger partial charge in [0, 0.05) is 18.0 Å². The second kappa shape index (κ2) is 7.76. The van der Waals surface area contributed by atoms with Crippen LogP contribution in [0, 0.1) is 12.8 Å². The third-order valence-electron chi connectivity index (χ3n) is 5.50. The molecule has 2 aliphatic rings. The van der Waals surface area contributed by atoms with Crippen LogP contribution in [0.1, 0.15) is 44.1 Å². The van der Waals surface area contributed by atoms with Crippen molar-refractivity contribution in [2.45, 2.75) is 51.5 Å². The van der Waals surface area contributed by atoms with Crippen molar-refractivity contribution >= 4 is 28.3 Å². The lowest BCUT2D eigenvalue weighted by molar-refractivity contribution is -0.140. The lowest BCUT2D eigenvalue weighted by atomic mass is 10.1. The number of anilines is 1. The molecule has 6 nitrogen and oxygen atoms in total. The standard InChI is InChI=1S/C20H24N4O2S/c1-13-8-10-14(11-9-13)18-22-23-20(27-18)21-17(25)16-7-4-12-24(16)19(26)15-5-2-3-6-15/h8-11,15-16H,2-7,12H2,1H3,(H,21,23,25)/t16-/m1/s1. The van der Waals surface area contributed by atoms with Gasteiger partial charge in [-0.25, -0.2) is 0 Å². The molecule has 0 spiro atoms. The summed E-state index contributed by atoms with van der Waals surface area (Å²) in [6.07, 6.45) is 5.75. The van der Waals surface area contributed by atoms with Gasteiger partial charge < -0.3 is 4.90 Å². The molecule has 2 aromatic rings. The summed E-state index contributed by atoms with van der Waals surface area (Å²) >= 11 is 1.36.